The smallest absolute Gasteiger partial charge is 0.407 e. The van der Waals surface area contributed by atoms with Gasteiger partial charge in [-0.05, 0) is 57.6 Å². The number of nitrogens with one attached hydrogen (secondary N) is 2. The average Bonchev–Trinajstić information content (AvgIpc) is 3.73. The lowest BCUT2D eigenvalue weighted by molar-refractivity contribution is -0.166. The van der Waals surface area contributed by atoms with Crippen LogP contribution in [0.5, 0.6) is 17.2 Å². The number of likely N-dealkylation sites (tertiary alicyclic amines) is 1. The second-order valence-electron chi connectivity index (χ2n) is 14.6. The van der Waals surface area contributed by atoms with Crippen molar-refractivity contribution in [3.05, 3.63) is 81.7 Å². The molecule has 1 aromatic heterocycles. The fourth-order valence-electron chi connectivity index (χ4n) is 8.02. The highest BCUT2D eigenvalue weighted by atomic mass is 16.6. The van der Waals surface area contributed by atoms with Gasteiger partial charge in [0.2, 0.25) is 17.6 Å². The number of hydrogen-bond donors (Lipinski definition) is 6. The Labute approximate surface area is 333 Å². The molecule has 0 saturated carbocycles. The number of aliphatic hydroxyl groups is 2. The number of Topliss-reactive ketones (excluding diaryl/α,β-unsaturated/α-hetero) is 1. The van der Waals surface area contributed by atoms with E-state index in [0.29, 0.717) is 44.2 Å². The largest absolute Gasteiger partial charge is 0.507 e. The Hall–Kier alpha value is -5.91. The van der Waals surface area contributed by atoms with Crippen LogP contribution in [0.15, 0.2) is 42.7 Å². The topological polar surface area (TPSA) is 251 Å². The lowest BCUT2D eigenvalue weighted by Gasteiger charge is -2.33. The molecule has 3 amide bonds. The van der Waals surface area contributed by atoms with Crippen LogP contribution in [0.1, 0.15) is 87.6 Å². The van der Waals surface area contributed by atoms with E-state index in [1.807, 2.05) is 6.92 Å². The molecular formula is C41H46N4O13. The first kappa shape index (κ1) is 41.7. The number of methoxy groups -OCH3 is 1. The number of rotatable bonds is 9. The number of phenols is 2. The summed E-state index contributed by atoms with van der Waals surface area (Å²) in [6.07, 6.45) is 4.36. The van der Waals surface area contributed by atoms with E-state index in [4.69, 9.17) is 19.3 Å². The van der Waals surface area contributed by atoms with Gasteiger partial charge >= 0.3 is 6.09 Å². The number of aromatic hydroxyl groups is 2. The van der Waals surface area contributed by atoms with Gasteiger partial charge in [-0.1, -0.05) is 18.2 Å². The van der Waals surface area contributed by atoms with Crippen LogP contribution in [0.25, 0.3) is 0 Å². The summed E-state index contributed by atoms with van der Waals surface area (Å²) in [4.78, 5) is 80.6. The molecule has 5 atom stereocenters. The molecule has 0 spiro atoms. The first-order valence-corrected chi connectivity index (χ1v) is 19.0. The van der Waals surface area contributed by atoms with Crippen molar-refractivity contribution in [2.24, 2.45) is 5.92 Å². The molecule has 3 aromatic rings. The third-order valence-electron chi connectivity index (χ3n) is 10.8. The zero-order valence-corrected chi connectivity index (χ0v) is 32.1. The van der Waals surface area contributed by atoms with E-state index in [2.05, 4.69) is 15.6 Å². The molecular weight excluding hydrogens is 756 g/mol. The number of ketones is 3. The van der Waals surface area contributed by atoms with E-state index < -0.39 is 42.5 Å². The van der Waals surface area contributed by atoms with E-state index in [9.17, 15) is 44.1 Å². The average molecular weight is 803 g/mol. The Morgan fingerprint density at radius 3 is 2.45 bits per heavy atom. The van der Waals surface area contributed by atoms with Crippen LogP contribution >= 0.6 is 0 Å². The summed E-state index contributed by atoms with van der Waals surface area (Å²) < 4.78 is 15.5. The minimum absolute atomic E-state index is 0.0536. The molecule has 58 heavy (non-hydrogen) atoms. The molecule has 3 heterocycles. The van der Waals surface area contributed by atoms with Crippen LogP contribution in [0.4, 0.5) is 4.79 Å². The fourth-order valence-corrected chi connectivity index (χ4v) is 8.02. The van der Waals surface area contributed by atoms with E-state index in [0.717, 1.165) is 5.56 Å². The molecule has 2 fully saturated rings. The quantitative estimate of drug-likeness (QED) is 0.132. The molecule has 2 aliphatic carbocycles. The number of carbonyl (C=O) groups is 6. The molecule has 308 valence electrons. The van der Waals surface area contributed by atoms with Gasteiger partial charge in [0.15, 0.2) is 17.9 Å². The number of fused-ring (bicyclic) bond motifs is 3. The molecule has 2 aromatic carbocycles. The van der Waals surface area contributed by atoms with Gasteiger partial charge in [0.1, 0.15) is 43.0 Å². The second kappa shape index (κ2) is 18.1. The molecule has 4 aliphatic rings. The number of pyridine rings is 1. The van der Waals surface area contributed by atoms with Crippen molar-refractivity contribution < 1.29 is 63.4 Å². The predicted octanol–water partition coefficient (Wildman–Crippen LogP) is 1.85. The van der Waals surface area contributed by atoms with Gasteiger partial charge in [0.05, 0.1) is 29.9 Å². The zero-order chi connectivity index (χ0) is 41.7. The molecule has 0 bridgehead atoms. The summed E-state index contributed by atoms with van der Waals surface area (Å²) in [6, 6.07) is 7.32. The number of hydrogen-bond acceptors (Lipinski definition) is 14. The van der Waals surface area contributed by atoms with Crippen molar-refractivity contribution in [3.63, 3.8) is 0 Å². The number of aliphatic hydroxyl groups excluding tert-OH is 2. The normalized spacial score (nSPS) is 22.0. The van der Waals surface area contributed by atoms with Crippen LogP contribution in [-0.2, 0) is 43.3 Å². The summed E-state index contributed by atoms with van der Waals surface area (Å²) >= 11 is 0. The number of carbonyl (C=O) groups excluding carboxylic acids is 6. The first-order chi connectivity index (χ1) is 27.8. The van der Waals surface area contributed by atoms with Gasteiger partial charge in [-0.15, -0.1) is 0 Å². The number of phenolic OH excluding ortho intramolecular Hbond substituents is 2. The fraction of sp³-hybridized carbons (Fsp3) is 0.439. The molecule has 0 radical (unpaired) electrons. The molecule has 5 unspecified atom stereocenters. The van der Waals surface area contributed by atoms with Crippen molar-refractivity contribution >= 4 is 35.3 Å². The Kier molecular flexibility index (Phi) is 13.0. The summed E-state index contributed by atoms with van der Waals surface area (Å²) in [7, 11) is 1.38. The molecule has 2 saturated heterocycles. The Morgan fingerprint density at radius 2 is 1.74 bits per heavy atom. The summed E-state index contributed by atoms with van der Waals surface area (Å²) in [6.45, 7) is 1.49. The van der Waals surface area contributed by atoms with Gasteiger partial charge in [-0.3, -0.25) is 29.0 Å². The van der Waals surface area contributed by atoms with Crippen LogP contribution in [0, 0.1) is 5.92 Å². The zero-order valence-electron chi connectivity index (χ0n) is 32.1. The highest BCUT2D eigenvalue weighted by molar-refractivity contribution is 6.31. The Bertz CT molecular complexity index is 2080. The van der Waals surface area contributed by atoms with E-state index in [1.165, 1.54) is 18.1 Å². The maximum absolute atomic E-state index is 13.1. The van der Waals surface area contributed by atoms with Crippen molar-refractivity contribution in [2.45, 2.75) is 83.0 Å². The van der Waals surface area contributed by atoms with Crippen LogP contribution in [0.3, 0.4) is 0 Å². The van der Waals surface area contributed by atoms with E-state index in [1.54, 1.807) is 36.7 Å². The van der Waals surface area contributed by atoms with Crippen molar-refractivity contribution in [1.82, 2.24) is 20.5 Å². The van der Waals surface area contributed by atoms with Gasteiger partial charge in [-0.2, -0.15) is 0 Å². The molecule has 17 heteroatoms. The van der Waals surface area contributed by atoms with E-state index >= 15 is 0 Å². The summed E-state index contributed by atoms with van der Waals surface area (Å²) in [5.74, 6) is -3.15. The first-order valence-electron chi connectivity index (χ1n) is 19.0. The number of benzene rings is 2. The number of ether oxygens (including phenoxy) is 3. The van der Waals surface area contributed by atoms with Crippen LogP contribution in [0.2, 0.25) is 0 Å². The molecule has 7 rings (SSSR count). The lowest BCUT2D eigenvalue weighted by Crippen LogP contribution is -2.53. The molecule has 2 aliphatic heterocycles. The Morgan fingerprint density at radius 1 is 0.983 bits per heavy atom. The standard InChI is InChI=1S/C21H18O7.C20H28N4O6/c1-28-14-4-2-3-11-15(14)21(27)17-16(19(11)25)20(26)12-7-9(13(23)8-22)5-6-10(12)18(17)24;1-13-8-15(9-18(26)30-13)23-19(27)16-5-3-7-24(16)17(25)11-22-20(28)29-12-14-4-2-6-21-10-14/h2-4,9,22,24,26H,5-8H2,1H3;2,4,6,10,13,15-16,18,26H,3,5,7-9,11-12H2,1H3,(H,22,28)(H,23,27). The van der Waals surface area contributed by atoms with E-state index in [-0.39, 0.29) is 101 Å². The van der Waals surface area contributed by atoms with Gasteiger partial charge in [0.25, 0.3) is 0 Å². The monoisotopic (exact) mass is 802 g/mol. The number of alkyl carbamates (subject to hydrolysis) is 1. The molecule has 6 N–H and O–H groups in total. The van der Waals surface area contributed by atoms with Crippen molar-refractivity contribution in [2.75, 3.05) is 26.8 Å². The predicted molar refractivity (Wildman–Crippen MR) is 202 cm³/mol. The maximum Gasteiger partial charge on any atom is 0.407 e. The third-order valence-corrected chi connectivity index (χ3v) is 10.8. The minimum Gasteiger partial charge on any atom is -0.507 e. The van der Waals surface area contributed by atoms with Gasteiger partial charge in [0, 0.05) is 59.6 Å². The van der Waals surface area contributed by atoms with Gasteiger partial charge < -0.3 is 50.2 Å². The van der Waals surface area contributed by atoms with Crippen LogP contribution < -0.4 is 15.4 Å². The number of aromatic nitrogens is 1. The van der Waals surface area contributed by atoms with Gasteiger partial charge in [-0.25, -0.2) is 4.79 Å². The third kappa shape index (κ3) is 8.80. The summed E-state index contributed by atoms with van der Waals surface area (Å²) in [5, 5.41) is 45.8. The molecule has 17 nitrogen and oxygen atoms in total. The van der Waals surface area contributed by atoms with Crippen molar-refractivity contribution in [1.29, 1.82) is 0 Å². The Balaban J connectivity index is 0.000000196. The number of nitrogens with zero attached hydrogens (tertiary/aromatic N) is 2. The second-order valence-corrected chi connectivity index (χ2v) is 14.6. The van der Waals surface area contributed by atoms with Crippen molar-refractivity contribution in [3.8, 4) is 17.2 Å². The lowest BCUT2D eigenvalue weighted by atomic mass is 9.75. The highest BCUT2D eigenvalue weighted by Crippen LogP contribution is 2.47. The highest BCUT2D eigenvalue weighted by Gasteiger charge is 2.41. The minimum atomic E-state index is -0.901. The SMILES string of the molecule is CC1CC(NC(=O)C2CCCN2C(=O)CNC(=O)OCc2cccnc2)CC(O)O1.COc1cccc2c1C(=O)c1c(O)c3c(c(O)c1C2=O)CC(C(=O)CO)CC3. The van der Waals surface area contributed by atoms with Crippen LogP contribution in [-0.4, -0.2) is 117 Å². The maximum atomic E-state index is 13.1. The number of amides is 3. The summed E-state index contributed by atoms with van der Waals surface area (Å²) in [5.41, 5.74) is 1.04.